The van der Waals surface area contributed by atoms with E-state index >= 15 is 0 Å². The molecule has 1 N–H and O–H groups in total. The van der Waals surface area contributed by atoms with Gasteiger partial charge in [0.15, 0.2) is 0 Å². The fraction of sp³-hybridized carbons (Fsp3) is 0.167. The highest BCUT2D eigenvalue weighted by atomic mass is 127. The molecule has 1 aromatic heterocycles. The van der Waals surface area contributed by atoms with Crippen LogP contribution in [0, 0.1) is 17.4 Å². The zero-order chi connectivity index (χ0) is 12.6. The van der Waals surface area contributed by atoms with Gasteiger partial charge in [0, 0.05) is 0 Å². The van der Waals surface area contributed by atoms with Gasteiger partial charge in [-0.05, 0) is 54.6 Å². The Balaban J connectivity index is 2.56. The van der Waals surface area contributed by atoms with Gasteiger partial charge in [0.05, 0.1) is 26.2 Å². The Hall–Kier alpha value is -1.37. The van der Waals surface area contributed by atoms with Gasteiger partial charge in [0.2, 0.25) is 0 Å². The third-order valence-electron chi connectivity index (χ3n) is 2.54. The molecule has 1 heterocycles. The molecule has 17 heavy (non-hydrogen) atoms. The van der Waals surface area contributed by atoms with Crippen LogP contribution in [0.5, 0.6) is 0 Å². The maximum absolute atomic E-state index is 10.9. The molecule has 0 aliphatic heterocycles. The molecule has 0 amide bonds. The molecule has 0 radical (unpaired) electrons. The van der Waals surface area contributed by atoms with Gasteiger partial charge in [-0.15, -0.1) is 0 Å². The number of halogens is 1. The number of aromatic carboxylic acids is 1. The highest BCUT2D eigenvalue weighted by Crippen LogP contribution is 2.20. The van der Waals surface area contributed by atoms with Gasteiger partial charge in [-0.3, -0.25) is 0 Å². The van der Waals surface area contributed by atoms with Crippen molar-refractivity contribution in [3.05, 3.63) is 44.8 Å². The lowest BCUT2D eigenvalue weighted by Crippen LogP contribution is -2.02. The van der Waals surface area contributed by atoms with Gasteiger partial charge in [-0.25, -0.2) is 9.48 Å². The molecule has 2 aromatic rings. The lowest BCUT2D eigenvalue weighted by atomic mass is 10.2. The van der Waals surface area contributed by atoms with Crippen molar-refractivity contribution in [3.63, 3.8) is 0 Å². The summed E-state index contributed by atoms with van der Waals surface area (Å²) in [5.74, 6) is -0.928. The molecule has 5 heteroatoms. The summed E-state index contributed by atoms with van der Waals surface area (Å²) in [4.78, 5) is 10.9. The minimum Gasteiger partial charge on any atom is -0.478 e. The van der Waals surface area contributed by atoms with E-state index in [0.717, 1.165) is 20.6 Å². The normalized spacial score (nSPS) is 10.5. The summed E-state index contributed by atoms with van der Waals surface area (Å²) in [6, 6.07) is 6.77. The Morgan fingerprint density at radius 3 is 2.65 bits per heavy atom. The molecule has 4 nitrogen and oxygen atoms in total. The first kappa shape index (κ1) is 12.1. The molecule has 0 spiro atoms. The first-order valence-corrected chi connectivity index (χ1v) is 6.14. The van der Waals surface area contributed by atoms with Crippen LogP contribution in [-0.4, -0.2) is 20.9 Å². The molecular weight excluding hydrogens is 331 g/mol. The predicted octanol–water partition coefficient (Wildman–Crippen LogP) is 2.79. The average Bonchev–Trinajstić information content (AvgIpc) is 2.57. The third kappa shape index (κ3) is 2.19. The Labute approximate surface area is 112 Å². The minimum atomic E-state index is -0.928. The summed E-state index contributed by atoms with van der Waals surface area (Å²) in [6.07, 6.45) is 0. The molecule has 0 bridgehead atoms. The molecule has 0 saturated carbocycles. The zero-order valence-corrected chi connectivity index (χ0v) is 11.6. The highest BCUT2D eigenvalue weighted by Gasteiger charge is 2.11. The van der Waals surface area contributed by atoms with E-state index in [1.165, 1.54) is 0 Å². The van der Waals surface area contributed by atoms with Gasteiger partial charge in [-0.1, -0.05) is 6.07 Å². The molecule has 0 aliphatic carbocycles. The van der Waals surface area contributed by atoms with Crippen molar-refractivity contribution in [1.29, 1.82) is 0 Å². The van der Waals surface area contributed by atoms with Gasteiger partial charge in [0.1, 0.15) is 0 Å². The van der Waals surface area contributed by atoms with E-state index in [1.807, 2.05) is 19.9 Å². The SMILES string of the molecule is Cc1nn(-c2cccc(C(=O)O)c2)c(C)c1I. The second kappa shape index (κ2) is 4.48. The first-order chi connectivity index (χ1) is 8.00. The van der Waals surface area contributed by atoms with E-state index in [2.05, 4.69) is 27.7 Å². The zero-order valence-electron chi connectivity index (χ0n) is 9.44. The number of nitrogens with zero attached hydrogens (tertiary/aromatic N) is 2. The number of carboxylic acids is 1. The first-order valence-electron chi connectivity index (χ1n) is 5.06. The number of carbonyl (C=O) groups is 1. The van der Waals surface area contributed by atoms with Crippen LogP contribution >= 0.6 is 22.6 Å². The highest BCUT2D eigenvalue weighted by molar-refractivity contribution is 14.1. The summed E-state index contributed by atoms with van der Waals surface area (Å²) >= 11 is 2.24. The van der Waals surface area contributed by atoms with Crippen molar-refractivity contribution in [3.8, 4) is 5.69 Å². The van der Waals surface area contributed by atoms with Crippen LogP contribution in [0.15, 0.2) is 24.3 Å². The fourth-order valence-electron chi connectivity index (χ4n) is 1.65. The van der Waals surface area contributed by atoms with E-state index in [0.29, 0.717) is 0 Å². The maximum atomic E-state index is 10.9. The molecule has 1 aromatic carbocycles. The number of carboxylic acid groups (broad SMARTS) is 1. The second-order valence-electron chi connectivity index (χ2n) is 3.75. The van der Waals surface area contributed by atoms with Gasteiger partial charge in [0.25, 0.3) is 0 Å². The van der Waals surface area contributed by atoms with Crippen LogP contribution in [-0.2, 0) is 0 Å². The molecule has 0 unspecified atom stereocenters. The topological polar surface area (TPSA) is 55.1 Å². The lowest BCUT2D eigenvalue weighted by molar-refractivity contribution is 0.0697. The molecule has 0 aliphatic rings. The second-order valence-corrected chi connectivity index (χ2v) is 4.83. The molecule has 0 saturated heterocycles. The molecule has 88 valence electrons. The van der Waals surface area contributed by atoms with Gasteiger partial charge in [-0.2, -0.15) is 5.10 Å². The predicted molar refractivity (Wildman–Crippen MR) is 72.7 cm³/mol. The maximum Gasteiger partial charge on any atom is 0.335 e. The molecule has 0 fully saturated rings. The van der Waals surface area contributed by atoms with Crippen molar-refractivity contribution in [2.75, 3.05) is 0 Å². The fourth-order valence-corrected chi connectivity index (χ4v) is 1.98. The summed E-state index contributed by atoms with van der Waals surface area (Å²) in [7, 11) is 0. The summed E-state index contributed by atoms with van der Waals surface area (Å²) in [6.45, 7) is 3.90. The van der Waals surface area contributed by atoms with E-state index in [9.17, 15) is 4.79 Å². The monoisotopic (exact) mass is 342 g/mol. The average molecular weight is 342 g/mol. The summed E-state index contributed by atoms with van der Waals surface area (Å²) in [5.41, 5.74) is 3.01. The lowest BCUT2D eigenvalue weighted by Gasteiger charge is -2.05. The van der Waals surface area contributed by atoms with Crippen molar-refractivity contribution in [2.24, 2.45) is 0 Å². The number of aromatic nitrogens is 2. The quantitative estimate of drug-likeness (QED) is 0.854. The van der Waals surface area contributed by atoms with Crippen molar-refractivity contribution in [1.82, 2.24) is 9.78 Å². The number of hydrogen-bond acceptors (Lipinski definition) is 2. The standard InChI is InChI=1S/C12H11IN2O2/c1-7-11(13)8(2)15(14-7)10-5-3-4-9(6-10)12(16)17/h3-6H,1-2H3,(H,16,17). The van der Waals surface area contributed by atoms with E-state index in [4.69, 9.17) is 5.11 Å². The molecular formula is C12H11IN2O2. The number of hydrogen-bond donors (Lipinski definition) is 1. The third-order valence-corrected chi connectivity index (χ3v) is 4.10. The van der Waals surface area contributed by atoms with E-state index < -0.39 is 5.97 Å². The number of aryl methyl sites for hydroxylation is 1. The van der Waals surface area contributed by atoms with Crippen molar-refractivity contribution < 1.29 is 9.90 Å². The Bertz CT molecular complexity index is 590. The smallest absolute Gasteiger partial charge is 0.335 e. The summed E-state index contributed by atoms with van der Waals surface area (Å²) in [5, 5.41) is 13.4. The largest absolute Gasteiger partial charge is 0.478 e. The van der Waals surface area contributed by atoms with Crippen LogP contribution in [0.4, 0.5) is 0 Å². The van der Waals surface area contributed by atoms with Crippen LogP contribution in [0.2, 0.25) is 0 Å². The molecule has 0 atom stereocenters. The Morgan fingerprint density at radius 2 is 2.12 bits per heavy atom. The van der Waals surface area contributed by atoms with E-state index in [1.54, 1.807) is 22.9 Å². The van der Waals surface area contributed by atoms with Crippen molar-refractivity contribution in [2.45, 2.75) is 13.8 Å². The van der Waals surface area contributed by atoms with E-state index in [-0.39, 0.29) is 5.56 Å². The van der Waals surface area contributed by atoms with Crippen LogP contribution < -0.4 is 0 Å². The number of rotatable bonds is 2. The van der Waals surface area contributed by atoms with Crippen LogP contribution in [0.25, 0.3) is 5.69 Å². The van der Waals surface area contributed by atoms with Crippen molar-refractivity contribution >= 4 is 28.6 Å². The number of benzene rings is 1. The van der Waals surface area contributed by atoms with Crippen LogP contribution in [0.3, 0.4) is 0 Å². The summed E-state index contributed by atoms with van der Waals surface area (Å²) < 4.78 is 2.87. The Morgan fingerprint density at radius 1 is 1.41 bits per heavy atom. The molecule has 2 rings (SSSR count). The Kier molecular flexibility index (Phi) is 3.19. The van der Waals surface area contributed by atoms with Crippen LogP contribution in [0.1, 0.15) is 21.7 Å². The minimum absolute atomic E-state index is 0.269. The van der Waals surface area contributed by atoms with Gasteiger partial charge < -0.3 is 5.11 Å². The van der Waals surface area contributed by atoms with Gasteiger partial charge >= 0.3 is 5.97 Å².